The predicted molar refractivity (Wildman–Crippen MR) is 87.2 cm³/mol. The van der Waals surface area contributed by atoms with E-state index in [9.17, 15) is 4.79 Å². The number of hydrogen-bond donors (Lipinski definition) is 1. The molecule has 0 aromatic heterocycles. The number of nitrogen functional groups attached to an aromatic ring is 1. The Hall–Kier alpha value is -2.29. The minimum atomic E-state index is 0.0452. The van der Waals surface area contributed by atoms with Gasteiger partial charge in [-0.3, -0.25) is 4.79 Å². The maximum absolute atomic E-state index is 12.6. The third kappa shape index (κ3) is 3.43. The van der Waals surface area contributed by atoms with Crippen LogP contribution in [-0.4, -0.2) is 17.4 Å². The normalized spacial score (nSPS) is 10.4. The number of carbonyl (C=O) groups is 1. The first kappa shape index (κ1) is 15.1. The van der Waals surface area contributed by atoms with Crippen molar-refractivity contribution < 1.29 is 4.79 Å². The van der Waals surface area contributed by atoms with Gasteiger partial charge in [-0.1, -0.05) is 24.3 Å². The minimum absolute atomic E-state index is 0.0452. The molecule has 3 nitrogen and oxygen atoms in total. The van der Waals surface area contributed by atoms with Crippen LogP contribution in [-0.2, 0) is 6.54 Å². The summed E-state index contributed by atoms with van der Waals surface area (Å²) in [5.74, 6) is 0.0452. The number of rotatable bonds is 4. The van der Waals surface area contributed by atoms with Gasteiger partial charge in [0.1, 0.15) is 0 Å². The van der Waals surface area contributed by atoms with E-state index < -0.39 is 0 Å². The second-order valence-electron chi connectivity index (χ2n) is 5.32. The lowest BCUT2D eigenvalue weighted by molar-refractivity contribution is 0.0753. The zero-order valence-electron chi connectivity index (χ0n) is 12.9. The van der Waals surface area contributed by atoms with Gasteiger partial charge in [0.15, 0.2) is 0 Å². The Morgan fingerprint density at radius 3 is 2.43 bits per heavy atom. The zero-order valence-corrected chi connectivity index (χ0v) is 12.9. The van der Waals surface area contributed by atoms with E-state index in [1.807, 2.05) is 68.1 Å². The Morgan fingerprint density at radius 2 is 1.81 bits per heavy atom. The quantitative estimate of drug-likeness (QED) is 0.872. The van der Waals surface area contributed by atoms with Crippen molar-refractivity contribution in [1.82, 2.24) is 4.90 Å². The smallest absolute Gasteiger partial charge is 0.254 e. The van der Waals surface area contributed by atoms with Gasteiger partial charge in [-0.2, -0.15) is 0 Å². The lowest BCUT2D eigenvalue weighted by Crippen LogP contribution is -2.30. The number of anilines is 1. The first-order valence-corrected chi connectivity index (χ1v) is 7.22. The van der Waals surface area contributed by atoms with Crippen molar-refractivity contribution in [2.45, 2.75) is 27.3 Å². The summed E-state index contributed by atoms with van der Waals surface area (Å²) in [6.45, 7) is 7.25. The molecule has 0 unspecified atom stereocenters. The topological polar surface area (TPSA) is 46.3 Å². The molecule has 0 bridgehead atoms. The number of amides is 1. The lowest BCUT2D eigenvalue weighted by Gasteiger charge is -2.22. The highest BCUT2D eigenvalue weighted by Crippen LogP contribution is 2.17. The summed E-state index contributed by atoms with van der Waals surface area (Å²) in [7, 11) is 0. The molecule has 0 aliphatic heterocycles. The van der Waals surface area contributed by atoms with E-state index in [0.717, 1.165) is 22.4 Å². The molecule has 21 heavy (non-hydrogen) atoms. The van der Waals surface area contributed by atoms with Gasteiger partial charge >= 0.3 is 0 Å². The van der Waals surface area contributed by atoms with Gasteiger partial charge in [-0.15, -0.1) is 0 Å². The fraction of sp³-hybridized carbons (Fsp3) is 0.278. The third-order valence-corrected chi connectivity index (χ3v) is 3.84. The summed E-state index contributed by atoms with van der Waals surface area (Å²) >= 11 is 0. The van der Waals surface area contributed by atoms with Crippen molar-refractivity contribution in [1.29, 1.82) is 0 Å². The van der Waals surface area contributed by atoms with Gasteiger partial charge in [0.25, 0.3) is 5.91 Å². The molecular formula is C18H22N2O. The lowest BCUT2D eigenvalue weighted by atomic mass is 10.1. The molecule has 0 atom stereocenters. The molecule has 0 saturated heterocycles. The molecule has 2 aromatic rings. The first-order chi connectivity index (χ1) is 10.0. The van der Waals surface area contributed by atoms with E-state index in [4.69, 9.17) is 5.73 Å². The third-order valence-electron chi connectivity index (χ3n) is 3.84. The fourth-order valence-electron chi connectivity index (χ4n) is 2.27. The summed E-state index contributed by atoms with van der Waals surface area (Å²) in [5, 5.41) is 0. The zero-order chi connectivity index (χ0) is 15.4. The number of benzene rings is 2. The highest BCUT2D eigenvalue weighted by atomic mass is 16.2. The summed E-state index contributed by atoms with van der Waals surface area (Å²) in [6.07, 6.45) is 0. The van der Waals surface area contributed by atoms with Crippen molar-refractivity contribution in [3.8, 4) is 0 Å². The van der Waals surface area contributed by atoms with Crippen molar-refractivity contribution in [2.24, 2.45) is 0 Å². The van der Waals surface area contributed by atoms with Gasteiger partial charge in [0, 0.05) is 24.3 Å². The Balaban J connectivity index is 2.22. The van der Waals surface area contributed by atoms with Gasteiger partial charge in [-0.25, -0.2) is 0 Å². The van der Waals surface area contributed by atoms with Crippen LogP contribution in [0.25, 0.3) is 0 Å². The first-order valence-electron chi connectivity index (χ1n) is 7.22. The summed E-state index contributed by atoms with van der Waals surface area (Å²) in [6, 6.07) is 13.5. The average molecular weight is 282 g/mol. The summed E-state index contributed by atoms with van der Waals surface area (Å²) in [4.78, 5) is 14.5. The van der Waals surface area contributed by atoms with Crippen LogP contribution in [0, 0.1) is 13.8 Å². The number of hydrogen-bond acceptors (Lipinski definition) is 2. The Bertz CT molecular complexity index is 649. The molecule has 0 aliphatic rings. The summed E-state index contributed by atoms with van der Waals surface area (Å²) in [5.41, 5.74) is 10.7. The van der Waals surface area contributed by atoms with Crippen molar-refractivity contribution in [2.75, 3.05) is 12.3 Å². The van der Waals surface area contributed by atoms with Crippen molar-refractivity contribution in [3.05, 3.63) is 64.7 Å². The number of para-hydroxylation sites is 1. The largest absolute Gasteiger partial charge is 0.398 e. The van der Waals surface area contributed by atoms with Crippen molar-refractivity contribution >= 4 is 11.6 Å². The van der Waals surface area contributed by atoms with E-state index in [-0.39, 0.29) is 5.91 Å². The number of nitrogens with zero attached hydrogens (tertiary/aromatic N) is 1. The summed E-state index contributed by atoms with van der Waals surface area (Å²) < 4.78 is 0. The van der Waals surface area contributed by atoms with E-state index >= 15 is 0 Å². The molecule has 2 aromatic carbocycles. The highest BCUT2D eigenvalue weighted by Gasteiger charge is 2.15. The van der Waals surface area contributed by atoms with Crippen LogP contribution in [0.15, 0.2) is 42.5 Å². The standard InChI is InChI=1S/C18H22N2O/c1-4-20(12-16-7-5-6-8-17(16)19)18(21)15-10-9-13(2)14(3)11-15/h5-11H,4,12,19H2,1-3H3. The van der Waals surface area contributed by atoms with E-state index in [0.29, 0.717) is 13.1 Å². The van der Waals surface area contributed by atoms with Gasteiger partial charge in [-0.05, 0) is 55.7 Å². The molecule has 0 radical (unpaired) electrons. The molecular weight excluding hydrogens is 260 g/mol. The molecule has 2 N–H and O–H groups in total. The number of nitrogens with two attached hydrogens (primary N) is 1. The Morgan fingerprint density at radius 1 is 1.10 bits per heavy atom. The Kier molecular flexibility index (Phi) is 4.63. The van der Waals surface area contributed by atoms with Crippen LogP contribution in [0.5, 0.6) is 0 Å². The van der Waals surface area contributed by atoms with Gasteiger partial charge < -0.3 is 10.6 Å². The van der Waals surface area contributed by atoms with Gasteiger partial charge in [0.2, 0.25) is 0 Å². The average Bonchev–Trinajstić information content (AvgIpc) is 2.48. The van der Waals surface area contributed by atoms with E-state index in [1.165, 1.54) is 5.56 Å². The Labute approximate surface area is 126 Å². The van der Waals surface area contributed by atoms with Crippen LogP contribution in [0.4, 0.5) is 5.69 Å². The number of carbonyl (C=O) groups excluding carboxylic acids is 1. The molecule has 0 spiro atoms. The van der Waals surface area contributed by atoms with Crippen molar-refractivity contribution in [3.63, 3.8) is 0 Å². The van der Waals surface area contributed by atoms with Crippen LogP contribution >= 0.6 is 0 Å². The van der Waals surface area contributed by atoms with Crippen LogP contribution in [0.3, 0.4) is 0 Å². The predicted octanol–water partition coefficient (Wildman–Crippen LogP) is 3.55. The maximum atomic E-state index is 12.6. The fourth-order valence-corrected chi connectivity index (χ4v) is 2.27. The maximum Gasteiger partial charge on any atom is 0.254 e. The molecule has 1 amide bonds. The molecule has 0 saturated carbocycles. The second-order valence-corrected chi connectivity index (χ2v) is 5.32. The van der Waals surface area contributed by atoms with Crippen LogP contribution in [0.1, 0.15) is 34.0 Å². The molecule has 3 heteroatoms. The molecule has 0 heterocycles. The monoisotopic (exact) mass is 282 g/mol. The highest BCUT2D eigenvalue weighted by molar-refractivity contribution is 5.94. The molecule has 2 rings (SSSR count). The van der Waals surface area contributed by atoms with Crippen LogP contribution < -0.4 is 5.73 Å². The van der Waals surface area contributed by atoms with E-state index in [2.05, 4.69) is 0 Å². The van der Waals surface area contributed by atoms with Gasteiger partial charge in [0.05, 0.1) is 0 Å². The molecule has 110 valence electrons. The molecule has 0 aliphatic carbocycles. The molecule has 0 fully saturated rings. The second kappa shape index (κ2) is 6.44. The minimum Gasteiger partial charge on any atom is -0.398 e. The SMILES string of the molecule is CCN(Cc1ccccc1N)C(=O)c1ccc(C)c(C)c1. The van der Waals surface area contributed by atoms with Crippen LogP contribution in [0.2, 0.25) is 0 Å². The number of aryl methyl sites for hydroxylation is 2. The van der Waals surface area contributed by atoms with E-state index in [1.54, 1.807) is 0 Å².